The summed E-state index contributed by atoms with van der Waals surface area (Å²) in [5.74, 6) is 1.11. The lowest BCUT2D eigenvalue weighted by atomic mass is 10.1. The van der Waals surface area contributed by atoms with Gasteiger partial charge in [-0.05, 0) is 32.8 Å². The van der Waals surface area contributed by atoms with Crippen molar-refractivity contribution in [2.45, 2.75) is 39.3 Å². The van der Waals surface area contributed by atoms with Gasteiger partial charge in [-0.3, -0.25) is 14.6 Å². The van der Waals surface area contributed by atoms with E-state index in [1.165, 1.54) is 6.08 Å². The molecule has 0 spiro atoms. The van der Waals surface area contributed by atoms with Crippen LogP contribution in [-0.2, 0) is 11.3 Å². The molecule has 0 aromatic carbocycles. The molecule has 3 aromatic heterocycles. The Balaban J connectivity index is 1.61. The molecular weight excluding hydrogens is 370 g/mol. The van der Waals surface area contributed by atoms with E-state index in [1.807, 2.05) is 29.6 Å². The smallest absolute Gasteiger partial charge is 0.246 e. The first-order valence-electron chi connectivity index (χ1n) is 9.77. The van der Waals surface area contributed by atoms with E-state index in [4.69, 9.17) is 4.98 Å². The number of carbonyl (C=O) groups excluding carboxylic acids is 1. The number of piperidine rings is 1. The second-order valence-corrected chi connectivity index (χ2v) is 7.11. The summed E-state index contributed by atoms with van der Waals surface area (Å²) >= 11 is 0. The van der Waals surface area contributed by atoms with Crippen LogP contribution in [0.4, 0.5) is 17.5 Å². The van der Waals surface area contributed by atoms with E-state index >= 15 is 0 Å². The minimum atomic E-state index is -0.0425. The third kappa shape index (κ3) is 3.91. The Morgan fingerprint density at radius 1 is 1.45 bits per heavy atom. The number of aromatic nitrogens is 6. The first kappa shape index (κ1) is 18.9. The van der Waals surface area contributed by atoms with Crippen molar-refractivity contribution < 1.29 is 4.79 Å². The summed E-state index contributed by atoms with van der Waals surface area (Å²) in [6, 6.07) is 0.0933. The third-order valence-electron chi connectivity index (χ3n) is 5.06. The first-order chi connectivity index (χ1) is 14.1. The van der Waals surface area contributed by atoms with Gasteiger partial charge in [-0.2, -0.15) is 20.2 Å². The molecule has 3 N–H and O–H groups in total. The molecule has 4 heterocycles. The van der Waals surface area contributed by atoms with Crippen molar-refractivity contribution in [3.05, 3.63) is 30.7 Å². The van der Waals surface area contributed by atoms with Gasteiger partial charge in [-0.25, -0.2) is 0 Å². The van der Waals surface area contributed by atoms with Crippen LogP contribution in [-0.4, -0.2) is 59.9 Å². The number of carbonyl (C=O) groups is 1. The van der Waals surface area contributed by atoms with E-state index in [0.29, 0.717) is 24.0 Å². The standard InChI is InChI=1S/C19H25N9O/c1-4-15(29)27-8-6-7-13(10-27)21-17-16-12(3)25-26-18(16)24-19(23-17)22-14-9-20-28(5-2)11-14/h4,9,11,13H,1,5-8,10H2,2-3H3,(H3,21,22,23,24,25,26). The van der Waals surface area contributed by atoms with Crippen molar-refractivity contribution >= 4 is 34.4 Å². The topological polar surface area (TPSA) is 117 Å². The molecule has 10 nitrogen and oxygen atoms in total. The Morgan fingerprint density at radius 3 is 3.07 bits per heavy atom. The van der Waals surface area contributed by atoms with Gasteiger partial charge >= 0.3 is 0 Å². The molecule has 0 saturated carbocycles. The van der Waals surface area contributed by atoms with Crippen molar-refractivity contribution in [1.82, 2.24) is 34.8 Å². The average molecular weight is 395 g/mol. The van der Waals surface area contributed by atoms with E-state index in [9.17, 15) is 4.79 Å². The number of anilines is 3. The molecule has 4 rings (SSSR count). The van der Waals surface area contributed by atoms with Crippen LogP contribution in [0.5, 0.6) is 0 Å². The van der Waals surface area contributed by atoms with Crippen molar-refractivity contribution in [2.75, 3.05) is 23.7 Å². The van der Waals surface area contributed by atoms with Crippen molar-refractivity contribution in [3.63, 3.8) is 0 Å². The predicted molar refractivity (Wildman–Crippen MR) is 111 cm³/mol. The molecule has 1 amide bonds. The number of aryl methyl sites for hydroxylation is 2. The number of aromatic amines is 1. The number of nitrogens with one attached hydrogen (secondary N) is 3. The molecular formula is C19H25N9O. The fourth-order valence-corrected chi connectivity index (χ4v) is 3.59. The number of H-pyrrole nitrogens is 1. The van der Waals surface area contributed by atoms with Crippen LogP contribution in [0, 0.1) is 6.92 Å². The summed E-state index contributed by atoms with van der Waals surface area (Å²) in [4.78, 5) is 23.0. The van der Waals surface area contributed by atoms with Gasteiger partial charge in [0, 0.05) is 31.9 Å². The highest BCUT2D eigenvalue weighted by atomic mass is 16.2. The SMILES string of the molecule is C=CC(=O)N1CCCC(Nc2nc(Nc3cnn(CC)c3)nc3[nH]nc(C)c23)C1. The Bertz CT molecular complexity index is 1040. The number of fused-ring (bicyclic) bond motifs is 1. The molecule has 1 aliphatic rings. The molecule has 3 aromatic rings. The Morgan fingerprint density at radius 2 is 2.31 bits per heavy atom. The summed E-state index contributed by atoms with van der Waals surface area (Å²) in [7, 11) is 0. The monoisotopic (exact) mass is 395 g/mol. The summed E-state index contributed by atoms with van der Waals surface area (Å²) in [5.41, 5.74) is 2.29. The van der Waals surface area contributed by atoms with Crippen LogP contribution in [0.1, 0.15) is 25.5 Å². The van der Waals surface area contributed by atoms with Crippen LogP contribution >= 0.6 is 0 Å². The quantitative estimate of drug-likeness (QED) is 0.548. The largest absolute Gasteiger partial charge is 0.365 e. The lowest BCUT2D eigenvalue weighted by molar-refractivity contribution is -0.127. The minimum absolute atomic E-state index is 0.0425. The Labute approximate surface area is 168 Å². The summed E-state index contributed by atoms with van der Waals surface area (Å²) in [5, 5.41) is 19.1. The van der Waals surface area contributed by atoms with Gasteiger partial charge in [0.05, 0.1) is 23.0 Å². The molecule has 29 heavy (non-hydrogen) atoms. The fourth-order valence-electron chi connectivity index (χ4n) is 3.59. The van der Waals surface area contributed by atoms with Crippen molar-refractivity contribution in [2.24, 2.45) is 0 Å². The lowest BCUT2D eigenvalue weighted by Crippen LogP contribution is -2.44. The molecule has 10 heteroatoms. The van der Waals surface area contributed by atoms with Gasteiger partial charge in [0.15, 0.2) is 5.65 Å². The van der Waals surface area contributed by atoms with E-state index in [-0.39, 0.29) is 11.9 Å². The molecule has 152 valence electrons. The van der Waals surface area contributed by atoms with Crippen LogP contribution in [0.25, 0.3) is 11.0 Å². The van der Waals surface area contributed by atoms with E-state index in [0.717, 1.165) is 42.7 Å². The van der Waals surface area contributed by atoms with Gasteiger partial charge in [-0.15, -0.1) is 0 Å². The maximum absolute atomic E-state index is 12.0. The number of likely N-dealkylation sites (tertiary alicyclic amines) is 1. The first-order valence-corrected chi connectivity index (χ1v) is 9.77. The molecule has 1 saturated heterocycles. The lowest BCUT2D eigenvalue weighted by Gasteiger charge is -2.33. The highest BCUT2D eigenvalue weighted by Crippen LogP contribution is 2.26. The molecule has 1 atom stereocenters. The van der Waals surface area contributed by atoms with Crippen LogP contribution in [0.2, 0.25) is 0 Å². The average Bonchev–Trinajstić information content (AvgIpc) is 3.34. The van der Waals surface area contributed by atoms with Gasteiger partial charge in [0.2, 0.25) is 11.9 Å². The molecule has 1 unspecified atom stereocenters. The van der Waals surface area contributed by atoms with E-state index < -0.39 is 0 Å². The van der Waals surface area contributed by atoms with Gasteiger partial charge in [0.25, 0.3) is 0 Å². The van der Waals surface area contributed by atoms with Gasteiger partial charge < -0.3 is 15.5 Å². The van der Waals surface area contributed by atoms with E-state index in [2.05, 4.69) is 37.5 Å². The summed E-state index contributed by atoms with van der Waals surface area (Å²) in [6.07, 6.45) is 6.89. The maximum atomic E-state index is 12.0. The van der Waals surface area contributed by atoms with Crippen LogP contribution in [0.3, 0.4) is 0 Å². The number of nitrogens with zero attached hydrogens (tertiary/aromatic N) is 6. The van der Waals surface area contributed by atoms with Gasteiger partial charge in [-0.1, -0.05) is 6.58 Å². The van der Waals surface area contributed by atoms with Crippen LogP contribution in [0.15, 0.2) is 25.0 Å². The highest BCUT2D eigenvalue weighted by molar-refractivity contribution is 5.90. The Kier molecular flexibility index (Phi) is 5.15. The maximum Gasteiger partial charge on any atom is 0.246 e. The molecule has 1 fully saturated rings. The van der Waals surface area contributed by atoms with Gasteiger partial charge in [0.1, 0.15) is 5.82 Å². The fraction of sp³-hybridized carbons (Fsp3) is 0.421. The normalized spacial score (nSPS) is 16.8. The molecule has 0 radical (unpaired) electrons. The molecule has 0 aliphatic carbocycles. The van der Waals surface area contributed by atoms with E-state index in [1.54, 1.807) is 6.20 Å². The second-order valence-electron chi connectivity index (χ2n) is 7.11. The molecule has 1 aliphatic heterocycles. The number of hydrogen-bond acceptors (Lipinski definition) is 7. The van der Waals surface area contributed by atoms with Crippen molar-refractivity contribution in [3.8, 4) is 0 Å². The zero-order valence-electron chi connectivity index (χ0n) is 16.6. The number of hydrogen-bond donors (Lipinski definition) is 3. The summed E-state index contributed by atoms with van der Waals surface area (Å²) < 4.78 is 1.83. The number of rotatable bonds is 6. The Hall–Kier alpha value is -3.43. The molecule has 0 bridgehead atoms. The second kappa shape index (κ2) is 7.90. The zero-order valence-corrected chi connectivity index (χ0v) is 16.6. The van der Waals surface area contributed by atoms with Crippen LogP contribution < -0.4 is 10.6 Å². The predicted octanol–water partition coefficient (Wildman–Crippen LogP) is 2.21. The number of amides is 1. The third-order valence-corrected chi connectivity index (χ3v) is 5.06. The zero-order chi connectivity index (χ0) is 20.4. The minimum Gasteiger partial charge on any atom is -0.365 e. The highest BCUT2D eigenvalue weighted by Gasteiger charge is 2.24. The van der Waals surface area contributed by atoms with Crippen molar-refractivity contribution in [1.29, 1.82) is 0 Å². The summed E-state index contributed by atoms with van der Waals surface area (Å²) in [6.45, 7) is 9.68.